The zero-order valence-electron chi connectivity index (χ0n) is 11.8. The highest BCUT2D eigenvalue weighted by atomic mass is 79.9. The first-order valence-electron chi connectivity index (χ1n) is 7.24. The Morgan fingerprint density at radius 3 is 2.89 bits per heavy atom. The average molecular weight is 327 g/mol. The highest BCUT2D eigenvalue weighted by Gasteiger charge is 2.08. The van der Waals surface area contributed by atoms with E-state index in [9.17, 15) is 0 Å². The monoisotopic (exact) mass is 326 g/mol. The Morgan fingerprint density at radius 2 is 2.00 bits per heavy atom. The van der Waals surface area contributed by atoms with Crippen molar-refractivity contribution >= 4 is 15.9 Å². The van der Waals surface area contributed by atoms with E-state index in [0.717, 1.165) is 19.6 Å². The van der Waals surface area contributed by atoms with Crippen molar-refractivity contribution in [3.05, 3.63) is 33.8 Å². The molecular formula is C15H25BrN3+. The topological polar surface area (TPSA) is 31.9 Å². The van der Waals surface area contributed by atoms with E-state index in [1.165, 1.54) is 48.1 Å². The van der Waals surface area contributed by atoms with Gasteiger partial charge >= 0.3 is 0 Å². The van der Waals surface area contributed by atoms with Crippen LogP contribution in [-0.2, 0) is 13.1 Å². The van der Waals surface area contributed by atoms with Gasteiger partial charge in [0, 0.05) is 29.5 Å². The van der Waals surface area contributed by atoms with Crippen LogP contribution in [0.1, 0.15) is 24.0 Å². The quantitative estimate of drug-likeness (QED) is 0.753. The van der Waals surface area contributed by atoms with Crippen LogP contribution < -0.4 is 10.6 Å². The van der Waals surface area contributed by atoms with E-state index in [-0.39, 0.29) is 0 Å². The number of nitrogens with two attached hydrogens (primary N) is 1. The van der Waals surface area contributed by atoms with E-state index in [1.54, 1.807) is 0 Å². The zero-order valence-corrected chi connectivity index (χ0v) is 13.4. The van der Waals surface area contributed by atoms with Gasteiger partial charge in [-0.05, 0) is 48.1 Å². The highest BCUT2D eigenvalue weighted by Crippen LogP contribution is 2.21. The van der Waals surface area contributed by atoms with Gasteiger partial charge in [0.1, 0.15) is 6.54 Å². The summed E-state index contributed by atoms with van der Waals surface area (Å²) in [6.07, 6.45) is 2.48. The Morgan fingerprint density at radius 1 is 1.21 bits per heavy atom. The van der Waals surface area contributed by atoms with Crippen molar-refractivity contribution in [2.24, 2.45) is 0 Å². The maximum absolute atomic E-state index is 3.76. The van der Waals surface area contributed by atoms with Crippen molar-refractivity contribution < 1.29 is 5.32 Å². The predicted molar refractivity (Wildman–Crippen MR) is 83.1 cm³/mol. The van der Waals surface area contributed by atoms with Crippen LogP contribution in [0.25, 0.3) is 0 Å². The first-order chi connectivity index (χ1) is 9.27. The molecule has 106 valence electrons. The molecule has 2 bridgehead atoms. The Balaban J connectivity index is 2.01. The van der Waals surface area contributed by atoms with Crippen molar-refractivity contribution in [1.29, 1.82) is 0 Å². The molecule has 1 aromatic carbocycles. The SMILES string of the molecule is CN1CCCNCc2cccc(c2Br)C[NH2+]CCC1. The van der Waals surface area contributed by atoms with Gasteiger partial charge in [-0.15, -0.1) is 0 Å². The van der Waals surface area contributed by atoms with Crippen LogP contribution in [-0.4, -0.2) is 38.1 Å². The van der Waals surface area contributed by atoms with Crippen LogP contribution in [0, 0.1) is 0 Å². The van der Waals surface area contributed by atoms with Crippen molar-refractivity contribution in [3.63, 3.8) is 0 Å². The number of rotatable bonds is 0. The smallest absolute Gasteiger partial charge is 0.102 e. The molecule has 3 nitrogen and oxygen atoms in total. The second-order valence-electron chi connectivity index (χ2n) is 5.36. The maximum Gasteiger partial charge on any atom is 0.102 e. The second kappa shape index (κ2) is 8.00. The van der Waals surface area contributed by atoms with Crippen molar-refractivity contribution in [1.82, 2.24) is 10.2 Å². The average Bonchev–Trinajstić information content (AvgIpc) is 2.40. The molecule has 1 aliphatic rings. The van der Waals surface area contributed by atoms with E-state index >= 15 is 0 Å². The normalized spacial score (nSPS) is 19.9. The van der Waals surface area contributed by atoms with Gasteiger partial charge in [-0.3, -0.25) is 0 Å². The summed E-state index contributed by atoms with van der Waals surface area (Å²) >= 11 is 3.76. The van der Waals surface area contributed by atoms with Crippen LogP contribution in [0.3, 0.4) is 0 Å². The van der Waals surface area contributed by atoms with Crippen LogP contribution in [0.4, 0.5) is 0 Å². The first-order valence-corrected chi connectivity index (χ1v) is 8.04. The third-order valence-corrected chi connectivity index (χ3v) is 4.70. The number of hydrogen-bond acceptors (Lipinski definition) is 2. The first kappa shape index (κ1) is 15.0. The predicted octanol–water partition coefficient (Wildman–Crippen LogP) is 1.33. The largest absolute Gasteiger partial charge is 0.342 e. The molecule has 0 atom stereocenters. The second-order valence-corrected chi connectivity index (χ2v) is 6.15. The summed E-state index contributed by atoms with van der Waals surface area (Å²) in [5, 5.41) is 5.96. The molecule has 0 saturated carbocycles. The third-order valence-electron chi connectivity index (χ3n) is 3.68. The number of hydrogen-bond donors (Lipinski definition) is 2. The summed E-state index contributed by atoms with van der Waals surface area (Å²) in [6.45, 7) is 6.72. The number of nitrogens with one attached hydrogen (secondary N) is 1. The summed E-state index contributed by atoms with van der Waals surface area (Å²) in [5.74, 6) is 0. The zero-order chi connectivity index (χ0) is 13.5. The molecule has 3 N–H and O–H groups in total. The number of nitrogens with zero attached hydrogens (tertiary/aromatic N) is 1. The lowest BCUT2D eigenvalue weighted by atomic mass is 10.1. The van der Waals surface area contributed by atoms with E-state index in [2.05, 4.69) is 56.7 Å². The maximum atomic E-state index is 3.76. The molecular weight excluding hydrogens is 302 g/mol. The highest BCUT2D eigenvalue weighted by molar-refractivity contribution is 9.10. The lowest BCUT2D eigenvalue weighted by Gasteiger charge is -2.17. The molecule has 0 spiro atoms. The van der Waals surface area contributed by atoms with Crippen LogP contribution >= 0.6 is 15.9 Å². The summed E-state index contributed by atoms with van der Waals surface area (Å²) < 4.78 is 1.29. The summed E-state index contributed by atoms with van der Waals surface area (Å²) in [7, 11) is 2.23. The molecule has 0 radical (unpaired) electrons. The third kappa shape index (κ3) is 4.88. The van der Waals surface area contributed by atoms with E-state index in [1.807, 2.05) is 0 Å². The number of fused-ring (bicyclic) bond motifs is 2. The molecule has 0 aromatic heterocycles. The molecule has 0 aliphatic carbocycles. The molecule has 19 heavy (non-hydrogen) atoms. The van der Waals surface area contributed by atoms with E-state index in [0.29, 0.717) is 0 Å². The van der Waals surface area contributed by atoms with Gasteiger partial charge in [-0.2, -0.15) is 0 Å². The van der Waals surface area contributed by atoms with Crippen molar-refractivity contribution in [3.8, 4) is 0 Å². The van der Waals surface area contributed by atoms with E-state index < -0.39 is 0 Å². The van der Waals surface area contributed by atoms with E-state index in [4.69, 9.17) is 0 Å². The summed E-state index contributed by atoms with van der Waals surface area (Å²) in [6, 6.07) is 6.60. The van der Waals surface area contributed by atoms with Crippen LogP contribution in [0.2, 0.25) is 0 Å². The molecule has 0 unspecified atom stereocenters. The van der Waals surface area contributed by atoms with Gasteiger partial charge < -0.3 is 15.5 Å². The van der Waals surface area contributed by atoms with Crippen molar-refractivity contribution in [2.75, 3.05) is 33.2 Å². The van der Waals surface area contributed by atoms with Gasteiger partial charge in [-0.25, -0.2) is 0 Å². The molecule has 2 rings (SSSR count). The van der Waals surface area contributed by atoms with Gasteiger partial charge in [0.05, 0.1) is 6.54 Å². The minimum Gasteiger partial charge on any atom is -0.342 e. The number of benzene rings is 1. The fraction of sp³-hybridized carbons (Fsp3) is 0.600. The Bertz CT molecular complexity index is 363. The fourth-order valence-electron chi connectivity index (χ4n) is 2.50. The minimum absolute atomic E-state index is 0.956. The molecule has 1 aliphatic heterocycles. The number of halogens is 1. The van der Waals surface area contributed by atoms with Crippen LogP contribution in [0.15, 0.2) is 22.7 Å². The lowest BCUT2D eigenvalue weighted by molar-refractivity contribution is -0.671. The van der Waals surface area contributed by atoms with Crippen molar-refractivity contribution in [2.45, 2.75) is 25.9 Å². The standard InChI is InChI=1S/C15H24BrN3/c1-19-9-3-7-17-11-13-5-2-6-14(15(13)16)12-18-8-4-10-19/h2,5-6,17-18H,3-4,7-12H2,1H3/p+1. The fourth-order valence-corrected chi connectivity index (χ4v) is 3.07. The number of quaternary nitrogens is 1. The minimum atomic E-state index is 0.956. The Labute approximate surface area is 124 Å². The molecule has 0 saturated heterocycles. The van der Waals surface area contributed by atoms with Gasteiger partial charge in [0.15, 0.2) is 0 Å². The molecule has 0 fully saturated rings. The van der Waals surface area contributed by atoms with Crippen LogP contribution in [0.5, 0.6) is 0 Å². The van der Waals surface area contributed by atoms with Gasteiger partial charge in [-0.1, -0.05) is 18.2 Å². The molecule has 0 amide bonds. The summed E-state index contributed by atoms with van der Waals surface area (Å²) in [4.78, 5) is 2.44. The molecule has 4 heteroatoms. The Hall–Kier alpha value is -0.420. The molecule has 1 heterocycles. The van der Waals surface area contributed by atoms with Gasteiger partial charge in [0.25, 0.3) is 0 Å². The Kier molecular flexibility index (Phi) is 6.31. The lowest BCUT2D eigenvalue weighted by Crippen LogP contribution is -2.82. The molecule has 1 aromatic rings. The summed E-state index contributed by atoms with van der Waals surface area (Å²) in [5.41, 5.74) is 2.78. The van der Waals surface area contributed by atoms with Gasteiger partial charge in [0.2, 0.25) is 0 Å².